The second kappa shape index (κ2) is 14.7. The molecular weight excluding hydrogens is 374 g/mol. The lowest BCUT2D eigenvalue weighted by molar-refractivity contribution is 0.272. The molecule has 0 amide bonds. The zero-order valence-corrected chi connectivity index (χ0v) is 18.7. The fourth-order valence-electron chi connectivity index (χ4n) is 4.08. The number of hydrogen-bond donors (Lipinski definition) is 6. The summed E-state index contributed by atoms with van der Waals surface area (Å²) >= 11 is 0. The molecule has 4 bridgehead atoms. The van der Waals surface area contributed by atoms with Gasteiger partial charge in [0.2, 0.25) is 0 Å². The molecule has 0 spiro atoms. The minimum Gasteiger partial charge on any atom is -0.385 e. The first-order valence-electron chi connectivity index (χ1n) is 12.0. The van der Waals surface area contributed by atoms with Crippen molar-refractivity contribution < 1.29 is 0 Å². The van der Waals surface area contributed by atoms with E-state index in [-0.39, 0.29) is 0 Å². The summed E-state index contributed by atoms with van der Waals surface area (Å²) in [5.74, 6) is 0. The van der Waals surface area contributed by atoms with Gasteiger partial charge < -0.3 is 31.9 Å². The molecular formula is C23H43N7. The number of benzene rings is 1. The van der Waals surface area contributed by atoms with E-state index in [1.165, 1.54) is 16.8 Å². The molecule has 0 aliphatic carbocycles. The molecule has 2 heterocycles. The maximum atomic E-state index is 3.64. The van der Waals surface area contributed by atoms with Crippen molar-refractivity contribution in [2.75, 3.05) is 83.9 Å². The maximum Gasteiger partial charge on any atom is 0.0346 e. The van der Waals surface area contributed by atoms with E-state index < -0.39 is 0 Å². The van der Waals surface area contributed by atoms with Gasteiger partial charge in [-0.05, 0) is 75.2 Å². The first-order chi connectivity index (χ1) is 14.9. The first kappa shape index (κ1) is 23.4. The highest BCUT2D eigenvalue weighted by Gasteiger charge is 2.06. The number of fused-ring (bicyclic) bond motifs is 9. The molecule has 0 fully saturated rings. The normalized spacial score (nSPS) is 22.5. The van der Waals surface area contributed by atoms with E-state index in [0.29, 0.717) is 0 Å². The second-order valence-corrected chi connectivity index (χ2v) is 8.47. The Kier molecular flexibility index (Phi) is 11.5. The van der Waals surface area contributed by atoms with Crippen LogP contribution in [0.25, 0.3) is 0 Å². The van der Waals surface area contributed by atoms with Crippen LogP contribution in [0.2, 0.25) is 0 Å². The summed E-state index contributed by atoms with van der Waals surface area (Å²) in [5.41, 5.74) is 3.98. The zero-order valence-electron chi connectivity index (χ0n) is 18.7. The predicted octanol–water partition coefficient (Wildman–Crippen LogP) is 0.546. The fourth-order valence-corrected chi connectivity index (χ4v) is 4.08. The lowest BCUT2D eigenvalue weighted by atomic mass is 10.1. The Morgan fingerprint density at radius 1 is 0.500 bits per heavy atom. The molecule has 0 unspecified atom stereocenters. The van der Waals surface area contributed by atoms with Gasteiger partial charge in [-0.2, -0.15) is 0 Å². The number of nitrogens with zero attached hydrogens (tertiary/aromatic N) is 1. The van der Waals surface area contributed by atoms with Crippen LogP contribution in [-0.4, -0.2) is 83.4 Å². The van der Waals surface area contributed by atoms with Crippen LogP contribution in [0.5, 0.6) is 0 Å². The fraction of sp³-hybridized carbons (Fsp3) is 0.739. The standard InChI is InChI=1S/C23H43N7/c1-4-24-10-13-30-14-11-25-5-2-8-28-20-22-16-21(19-27-7-1)17-23(18-22)29-9-3-6-26-12-15-30/h16-18,24-29H,1-15,19-20H2. The largest absolute Gasteiger partial charge is 0.385 e. The maximum absolute atomic E-state index is 3.64. The van der Waals surface area contributed by atoms with Crippen LogP contribution < -0.4 is 31.9 Å². The van der Waals surface area contributed by atoms with E-state index in [1.807, 2.05) is 0 Å². The van der Waals surface area contributed by atoms with Crippen molar-refractivity contribution in [1.82, 2.24) is 31.5 Å². The monoisotopic (exact) mass is 417 g/mol. The Hall–Kier alpha value is -1.22. The van der Waals surface area contributed by atoms with Crippen LogP contribution in [-0.2, 0) is 13.1 Å². The number of hydrogen-bond acceptors (Lipinski definition) is 7. The Labute approximate surface area is 183 Å². The summed E-state index contributed by atoms with van der Waals surface area (Å²) in [5, 5.41) is 21.8. The van der Waals surface area contributed by atoms with Gasteiger partial charge in [0.05, 0.1) is 0 Å². The Bertz CT molecular complexity index is 535. The Morgan fingerprint density at radius 3 is 1.50 bits per heavy atom. The predicted molar refractivity (Wildman–Crippen MR) is 127 cm³/mol. The molecule has 2 aliphatic heterocycles. The molecule has 2 aliphatic rings. The van der Waals surface area contributed by atoms with Gasteiger partial charge in [0.1, 0.15) is 0 Å². The van der Waals surface area contributed by atoms with Crippen molar-refractivity contribution in [2.45, 2.75) is 32.4 Å². The van der Waals surface area contributed by atoms with E-state index in [2.05, 4.69) is 55.0 Å². The molecule has 0 radical (unpaired) electrons. The third-order valence-electron chi connectivity index (χ3n) is 5.80. The summed E-state index contributed by atoms with van der Waals surface area (Å²) in [7, 11) is 0. The van der Waals surface area contributed by atoms with Gasteiger partial charge in [-0.1, -0.05) is 6.07 Å². The average molecular weight is 418 g/mol. The lowest BCUT2D eigenvalue weighted by Crippen LogP contribution is -2.41. The molecule has 6 N–H and O–H groups in total. The molecule has 0 atom stereocenters. The van der Waals surface area contributed by atoms with E-state index in [1.54, 1.807) is 0 Å². The molecule has 3 rings (SSSR count). The van der Waals surface area contributed by atoms with Gasteiger partial charge in [0.15, 0.2) is 0 Å². The second-order valence-electron chi connectivity index (χ2n) is 8.47. The van der Waals surface area contributed by atoms with Gasteiger partial charge in [0, 0.05) is 64.6 Å². The molecule has 1 aromatic rings. The van der Waals surface area contributed by atoms with E-state index in [9.17, 15) is 0 Å². The van der Waals surface area contributed by atoms with Crippen LogP contribution in [0.15, 0.2) is 18.2 Å². The van der Waals surface area contributed by atoms with Crippen molar-refractivity contribution in [3.8, 4) is 0 Å². The van der Waals surface area contributed by atoms with E-state index >= 15 is 0 Å². The minimum absolute atomic E-state index is 0.932. The van der Waals surface area contributed by atoms with Crippen molar-refractivity contribution in [3.05, 3.63) is 29.3 Å². The van der Waals surface area contributed by atoms with Crippen LogP contribution in [0.4, 0.5) is 5.69 Å². The summed E-state index contributed by atoms with van der Waals surface area (Å²) in [6, 6.07) is 6.96. The Morgan fingerprint density at radius 2 is 0.967 bits per heavy atom. The van der Waals surface area contributed by atoms with Gasteiger partial charge in [-0.25, -0.2) is 0 Å². The number of rotatable bonds is 0. The van der Waals surface area contributed by atoms with Crippen molar-refractivity contribution in [3.63, 3.8) is 0 Å². The van der Waals surface area contributed by atoms with Crippen molar-refractivity contribution in [1.29, 1.82) is 0 Å². The molecule has 0 saturated carbocycles. The summed E-state index contributed by atoms with van der Waals surface area (Å²) in [4.78, 5) is 2.58. The van der Waals surface area contributed by atoms with Gasteiger partial charge in [-0.15, -0.1) is 0 Å². The lowest BCUT2D eigenvalue weighted by Gasteiger charge is -2.23. The summed E-state index contributed by atoms with van der Waals surface area (Å²) in [6.45, 7) is 14.7. The first-order valence-corrected chi connectivity index (χ1v) is 12.0. The van der Waals surface area contributed by atoms with E-state index in [4.69, 9.17) is 0 Å². The summed E-state index contributed by atoms with van der Waals surface area (Å²) < 4.78 is 0. The van der Waals surface area contributed by atoms with Crippen LogP contribution in [0.1, 0.15) is 30.4 Å². The zero-order chi connectivity index (χ0) is 20.7. The third-order valence-corrected chi connectivity index (χ3v) is 5.80. The molecule has 0 saturated heterocycles. The van der Waals surface area contributed by atoms with Gasteiger partial charge in [0.25, 0.3) is 0 Å². The van der Waals surface area contributed by atoms with Crippen LogP contribution in [0.3, 0.4) is 0 Å². The molecule has 0 aromatic heterocycles. The average Bonchev–Trinajstić information content (AvgIpc) is 2.75. The minimum atomic E-state index is 0.932. The third kappa shape index (κ3) is 9.73. The molecule has 1 aromatic carbocycles. The molecule has 7 heteroatoms. The van der Waals surface area contributed by atoms with Crippen molar-refractivity contribution in [2.24, 2.45) is 0 Å². The molecule has 170 valence electrons. The Balaban J connectivity index is 1.67. The van der Waals surface area contributed by atoms with Crippen LogP contribution in [0, 0.1) is 0 Å². The highest BCUT2D eigenvalue weighted by atomic mass is 15.2. The topological polar surface area (TPSA) is 75.4 Å². The number of anilines is 1. The highest BCUT2D eigenvalue weighted by molar-refractivity contribution is 5.49. The van der Waals surface area contributed by atoms with Crippen LogP contribution >= 0.6 is 0 Å². The summed E-state index contributed by atoms with van der Waals surface area (Å²) in [6.07, 6.45) is 3.46. The smallest absolute Gasteiger partial charge is 0.0346 e. The van der Waals surface area contributed by atoms with Crippen molar-refractivity contribution >= 4 is 5.69 Å². The molecule has 30 heavy (non-hydrogen) atoms. The van der Waals surface area contributed by atoms with Gasteiger partial charge >= 0.3 is 0 Å². The van der Waals surface area contributed by atoms with Gasteiger partial charge in [-0.3, -0.25) is 4.90 Å². The van der Waals surface area contributed by atoms with E-state index in [0.717, 1.165) is 111 Å². The SMILES string of the molecule is c1c2cc3cc1CNCCCNCCN(CCNCCCNC2)CCNCCCN3. The quantitative estimate of drug-likeness (QED) is 0.368. The highest BCUT2D eigenvalue weighted by Crippen LogP contribution is 2.15. The molecule has 7 nitrogen and oxygen atoms in total. The number of nitrogens with one attached hydrogen (secondary N) is 6.